The fourth-order valence-corrected chi connectivity index (χ4v) is 4.49. The number of ether oxygens (including phenoxy) is 3. The minimum atomic E-state index is -0.0747. The third-order valence-corrected chi connectivity index (χ3v) is 6.33. The molecule has 0 unspecified atom stereocenters. The molecule has 0 saturated carbocycles. The lowest BCUT2D eigenvalue weighted by atomic mass is 10.1. The van der Waals surface area contributed by atoms with Crippen LogP contribution in [0.3, 0.4) is 0 Å². The Labute approximate surface area is 185 Å². The topological polar surface area (TPSA) is 65.3 Å². The van der Waals surface area contributed by atoms with E-state index in [2.05, 4.69) is 25.8 Å². The molecule has 156 valence electrons. The van der Waals surface area contributed by atoms with Gasteiger partial charge in [-0.05, 0) is 48.0 Å². The van der Waals surface area contributed by atoms with Gasteiger partial charge in [0, 0.05) is 10.2 Å². The van der Waals surface area contributed by atoms with Crippen LogP contribution in [0.2, 0.25) is 0 Å². The van der Waals surface area contributed by atoms with Gasteiger partial charge in [0.25, 0.3) is 5.56 Å². The smallest absolute Gasteiger partial charge is 0.271 e. The monoisotopic (exact) mass is 489 g/mol. The van der Waals surface area contributed by atoms with Crippen molar-refractivity contribution < 1.29 is 14.2 Å². The molecule has 2 aromatic carbocycles. The highest BCUT2D eigenvalue weighted by molar-refractivity contribution is 9.10. The molecule has 0 atom stereocenters. The second-order valence-electron chi connectivity index (χ2n) is 6.54. The number of hydrogen-bond acceptors (Lipinski definition) is 7. The van der Waals surface area contributed by atoms with E-state index in [0.717, 1.165) is 15.7 Å². The van der Waals surface area contributed by atoms with E-state index < -0.39 is 0 Å². The van der Waals surface area contributed by atoms with Gasteiger partial charge in [0.05, 0.1) is 25.9 Å². The third kappa shape index (κ3) is 3.82. The maximum atomic E-state index is 13.0. The van der Waals surface area contributed by atoms with Gasteiger partial charge >= 0.3 is 0 Å². The summed E-state index contributed by atoms with van der Waals surface area (Å²) in [4.78, 5) is 20.4. The Kier molecular flexibility index (Phi) is 5.83. The van der Waals surface area contributed by atoms with Crippen LogP contribution in [-0.4, -0.2) is 32.6 Å². The van der Waals surface area contributed by atoms with Gasteiger partial charge in [-0.15, -0.1) is 0 Å². The zero-order chi connectivity index (χ0) is 21.3. The van der Waals surface area contributed by atoms with E-state index in [4.69, 9.17) is 14.2 Å². The predicted molar refractivity (Wildman–Crippen MR) is 121 cm³/mol. The van der Waals surface area contributed by atoms with E-state index in [1.807, 2.05) is 42.5 Å². The number of anilines is 1. The Hall–Kier alpha value is -2.78. The second-order valence-corrected chi connectivity index (χ2v) is 8.47. The zero-order valence-corrected chi connectivity index (χ0v) is 19.1. The predicted octanol–water partition coefficient (Wildman–Crippen LogP) is 2.58. The molecule has 0 bridgehead atoms. The second kappa shape index (κ2) is 8.53. The van der Waals surface area contributed by atoms with E-state index in [0.29, 0.717) is 39.9 Å². The van der Waals surface area contributed by atoms with Crippen molar-refractivity contribution in [2.45, 2.75) is 6.67 Å². The summed E-state index contributed by atoms with van der Waals surface area (Å²) < 4.78 is 19.5. The summed E-state index contributed by atoms with van der Waals surface area (Å²) in [6, 6.07) is 11.6. The molecule has 0 aliphatic carbocycles. The lowest BCUT2D eigenvalue weighted by Crippen LogP contribution is -2.42. The van der Waals surface area contributed by atoms with Gasteiger partial charge in [-0.1, -0.05) is 27.3 Å². The van der Waals surface area contributed by atoms with Crippen LogP contribution in [0.4, 0.5) is 5.69 Å². The summed E-state index contributed by atoms with van der Waals surface area (Å²) in [5.74, 6) is 1.59. The highest BCUT2D eigenvalue weighted by Crippen LogP contribution is 2.38. The van der Waals surface area contributed by atoms with E-state index in [1.54, 1.807) is 25.9 Å². The average Bonchev–Trinajstić information content (AvgIpc) is 3.08. The zero-order valence-electron chi connectivity index (χ0n) is 16.7. The van der Waals surface area contributed by atoms with Crippen LogP contribution < -0.4 is 34.0 Å². The molecule has 0 fully saturated rings. The van der Waals surface area contributed by atoms with Crippen molar-refractivity contribution in [2.75, 3.05) is 32.9 Å². The molecule has 1 aliphatic rings. The van der Waals surface area contributed by atoms with Crippen molar-refractivity contribution in [2.24, 2.45) is 4.99 Å². The van der Waals surface area contributed by atoms with Crippen LogP contribution in [-0.2, 0) is 6.67 Å². The molecule has 0 amide bonds. The number of nitrogens with zero attached hydrogens (tertiary/aromatic N) is 3. The molecule has 0 spiro atoms. The maximum absolute atomic E-state index is 13.0. The van der Waals surface area contributed by atoms with Gasteiger partial charge in [0.1, 0.15) is 13.3 Å². The van der Waals surface area contributed by atoms with Gasteiger partial charge < -0.3 is 19.1 Å². The van der Waals surface area contributed by atoms with E-state index in [1.165, 1.54) is 11.3 Å². The molecule has 0 N–H and O–H groups in total. The van der Waals surface area contributed by atoms with Crippen LogP contribution >= 0.6 is 27.3 Å². The van der Waals surface area contributed by atoms with Gasteiger partial charge in [-0.3, -0.25) is 9.36 Å². The first-order valence-electron chi connectivity index (χ1n) is 9.10. The number of methoxy groups -OCH3 is 3. The van der Waals surface area contributed by atoms with Crippen LogP contribution in [0.1, 0.15) is 5.56 Å². The number of rotatable bonds is 5. The third-order valence-electron chi connectivity index (χ3n) is 4.75. The van der Waals surface area contributed by atoms with Crippen LogP contribution in [0.15, 0.2) is 50.7 Å². The first-order chi connectivity index (χ1) is 14.5. The lowest BCUT2D eigenvalue weighted by Gasteiger charge is -2.25. The molecule has 0 saturated heterocycles. The molecule has 0 radical (unpaired) electrons. The molecule has 9 heteroatoms. The molecule has 4 rings (SSSR count). The standard InChI is InChI=1S/C21H20BrN3O4S/c1-27-16-8-13(9-17(28-2)19(16)29-3)10-18-20(26)25-12-24(11-23-21(25)30-18)15-6-4-14(22)5-7-15/h4-10H,11-12H2,1-3H3/b18-10-. The molecular formula is C21H20BrN3O4S. The Balaban J connectivity index is 1.73. The summed E-state index contributed by atoms with van der Waals surface area (Å²) >= 11 is 4.82. The fourth-order valence-electron chi connectivity index (χ4n) is 3.26. The van der Waals surface area contributed by atoms with Crippen molar-refractivity contribution in [3.8, 4) is 17.2 Å². The molecule has 7 nitrogen and oxygen atoms in total. The van der Waals surface area contributed by atoms with Crippen molar-refractivity contribution in [3.05, 3.63) is 66.1 Å². The summed E-state index contributed by atoms with van der Waals surface area (Å²) in [5, 5.41) is 0. The van der Waals surface area contributed by atoms with E-state index in [9.17, 15) is 4.79 Å². The normalized spacial score (nSPS) is 13.6. The summed E-state index contributed by atoms with van der Waals surface area (Å²) in [7, 11) is 4.69. The number of aromatic nitrogens is 1. The van der Waals surface area contributed by atoms with Crippen molar-refractivity contribution in [1.82, 2.24) is 4.57 Å². The summed E-state index contributed by atoms with van der Waals surface area (Å²) in [5.41, 5.74) is 1.72. The van der Waals surface area contributed by atoms with Gasteiger partial charge in [-0.2, -0.15) is 0 Å². The Morgan fingerprint density at radius 2 is 1.73 bits per heavy atom. The minimum Gasteiger partial charge on any atom is -0.493 e. The minimum absolute atomic E-state index is 0.0747. The van der Waals surface area contributed by atoms with Crippen molar-refractivity contribution in [1.29, 1.82) is 0 Å². The Morgan fingerprint density at radius 1 is 1.07 bits per heavy atom. The number of halogens is 1. The van der Waals surface area contributed by atoms with Gasteiger partial charge in [0.2, 0.25) is 5.75 Å². The van der Waals surface area contributed by atoms with E-state index >= 15 is 0 Å². The summed E-state index contributed by atoms with van der Waals surface area (Å²) in [6.07, 6.45) is 1.82. The first-order valence-corrected chi connectivity index (χ1v) is 10.7. The molecule has 2 heterocycles. The molecule has 1 aromatic heterocycles. The summed E-state index contributed by atoms with van der Waals surface area (Å²) in [6.45, 7) is 0.962. The number of fused-ring (bicyclic) bond motifs is 1. The SMILES string of the molecule is COc1cc(/C=c2\sc3n(c2=O)CN(c2ccc(Br)cc2)CN=3)cc(OC)c1OC. The lowest BCUT2D eigenvalue weighted by molar-refractivity contribution is 0.324. The number of benzene rings is 2. The number of hydrogen-bond donors (Lipinski definition) is 0. The molecular weight excluding hydrogens is 470 g/mol. The van der Waals surface area contributed by atoms with Crippen molar-refractivity contribution >= 4 is 39.0 Å². The van der Waals surface area contributed by atoms with Crippen LogP contribution in [0.5, 0.6) is 17.2 Å². The Morgan fingerprint density at radius 3 is 2.33 bits per heavy atom. The highest BCUT2D eigenvalue weighted by Gasteiger charge is 2.17. The highest BCUT2D eigenvalue weighted by atomic mass is 79.9. The average molecular weight is 490 g/mol. The number of thiazole rings is 1. The maximum Gasteiger partial charge on any atom is 0.271 e. The first kappa shape index (κ1) is 20.5. The molecule has 30 heavy (non-hydrogen) atoms. The fraction of sp³-hybridized carbons (Fsp3) is 0.238. The van der Waals surface area contributed by atoms with Gasteiger partial charge in [-0.25, -0.2) is 4.99 Å². The quantitative estimate of drug-likeness (QED) is 0.550. The van der Waals surface area contributed by atoms with Gasteiger partial charge in [0.15, 0.2) is 16.3 Å². The largest absolute Gasteiger partial charge is 0.493 e. The molecule has 1 aliphatic heterocycles. The Bertz CT molecular complexity index is 1230. The molecule has 3 aromatic rings. The van der Waals surface area contributed by atoms with E-state index in [-0.39, 0.29) is 5.56 Å². The van der Waals surface area contributed by atoms with Crippen LogP contribution in [0.25, 0.3) is 6.08 Å². The van der Waals surface area contributed by atoms with Crippen molar-refractivity contribution in [3.63, 3.8) is 0 Å². The van der Waals surface area contributed by atoms with Crippen LogP contribution in [0, 0.1) is 0 Å².